The van der Waals surface area contributed by atoms with Crippen LogP contribution in [0.4, 0.5) is 0 Å². The number of ether oxygens (including phenoxy) is 2. The zero-order valence-electron chi connectivity index (χ0n) is 12.2. The molecular formula is C15H19N3O2. The Morgan fingerprint density at radius 3 is 2.50 bits per heavy atom. The lowest BCUT2D eigenvalue weighted by molar-refractivity contribution is 0.370. The van der Waals surface area contributed by atoms with E-state index in [0.29, 0.717) is 23.9 Å². The molecule has 0 aliphatic rings. The number of aromatic nitrogens is 2. The number of nitrogens with two attached hydrogens (primary N) is 1. The summed E-state index contributed by atoms with van der Waals surface area (Å²) in [5, 5.41) is 8.18. The van der Waals surface area contributed by atoms with Gasteiger partial charge in [0, 0.05) is 12.1 Å². The SMILES string of the molecule is COc1cc(C)ccc1Oc1nnc(C)c(C)c1CN. The van der Waals surface area contributed by atoms with Crippen molar-refractivity contribution >= 4 is 0 Å². The van der Waals surface area contributed by atoms with Gasteiger partial charge in [0.1, 0.15) is 0 Å². The van der Waals surface area contributed by atoms with E-state index in [9.17, 15) is 0 Å². The Kier molecular flexibility index (Phi) is 4.20. The monoisotopic (exact) mass is 273 g/mol. The topological polar surface area (TPSA) is 70.3 Å². The van der Waals surface area contributed by atoms with Crippen LogP contribution in [-0.4, -0.2) is 17.3 Å². The third kappa shape index (κ3) is 2.72. The highest BCUT2D eigenvalue weighted by Gasteiger charge is 2.14. The summed E-state index contributed by atoms with van der Waals surface area (Å²) in [6.45, 7) is 6.21. The fourth-order valence-corrected chi connectivity index (χ4v) is 1.92. The number of benzene rings is 1. The second-order valence-electron chi connectivity index (χ2n) is 4.65. The van der Waals surface area contributed by atoms with E-state index in [0.717, 1.165) is 22.4 Å². The minimum absolute atomic E-state index is 0.353. The van der Waals surface area contributed by atoms with Gasteiger partial charge < -0.3 is 15.2 Å². The van der Waals surface area contributed by atoms with Crippen molar-refractivity contribution in [2.24, 2.45) is 5.73 Å². The molecule has 1 aromatic heterocycles. The molecule has 0 aliphatic heterocycles. The Morgan fingerprint density at radius 1 is 1.10 bits per heavy atom. The predicted molar refractivity (Wildman–Crippen MR) is 77.2 cm³/mol. The van der Waals surface area contributed by atoms with Crippen LogP contribution in [0.2, 0.25) is 0 Å². The van der Waals surface area contributed by atoms with Gasteiger partial charge in [-0.15, -0.1) is 5.10 Å². The lowest BCUT2D eigenvalue weighted by Gasteiger charge is -2.14. The first kappa shape index (κ1) is 14.3. The maximum Gasteiger partial charge on any atom is 0.243 e. The largest absolute Gasteiger partial charge is 0.493 e. The second kappa shape index (κ2) is 5.88. The molecule has 20 heavy (non-hydrogen) atoms. The van der Waals surface area contributed by atoms with Gasteiger partial charge in [0.2, 0.25) is 5.88 Å². The third-order valence-corrected chi connectivity index (χ3v) is 3.27. The number of hydrogen-bond donors (Lipinski definition) is 1. The number of aryl methyl sites for hydroxylation is 2. The Morgan fingerprint density at radius 2 is 1.85 bits per heavy atom. The fourth-order valence-electron chi connectivity index (χ4n) is 1.92. The molecule has 0 amide bonds. The summed E-state index contributed by atoms with van der Waals surface area (Å²) in [7, 11) is 1.61. The summed E-state index contributed by atoms with van der Waals surface area (Å²) in [5.74, 6) is 1.69. The van der Waals surface area contributed by atoms with Crippen molar-refractivity contribution < 1.29 is 9.47 Å². The lowest BCUT2D eigenvalue weighted by atomic mass is 10.1. The van der Waals surface area contributed by atoms with Crippen LogP contribution >= 0.6 is 0 Å². The van der Waals surface area contributed by atoms with Crippen molar-refractivity contribution in [3.8, 4) is 17.4 Å². The van der Waals surface area contributed by atoms with Gasteiger partial charge in [-0.1, -0.05) is 6.07 Å². The van der Waals surface area contributed by atoms with Gasteiger partial charge in [0.25, 0.3) is 0 Å². The van der Waals surface area contributed by atoms with Crippen LogP contribution in [0.3, 0.4) is 0 Å². The van der Waals surface area contributed by atoms with Crippen LogP contribution < -0.4 is 15.2 Å². The van der Waals surface area contributed by atoms with Crippen molar-refractivity contribution in [3.63, 3.8) is 0 Å². The highest BCUT2D eigenvalue weighted by Crippen LogP contribution is 2.33. The molecule has 0 unspecified atom stereocenters. The molecular weight excluding hydrogens is 254 g/mol. The number of hydrogen-bond acceptors (Lipinski definition) is 5. The molecule has 2 N–H and O–H groups in total. The second-order valence-corrected chi connectivity index (χ2v) is 4.65. The predicted octanol–water partition coefficient (Wildman–Crippen LogP) is 2.66. The Hall–Kier alpha value is -2.14. The van der Waals surface area contributed by atoms with E-state index in [4.69, 9.17) is 15.2 Å². The molecule has 106 valence electrons. The van der Waals surface area contributed by atoms with Crippen LogP contribution in [0, 0.1) is 20.8 Å². The zero-order chi connectivity index (χ0) is 14.7. The van der Waals surface area contributed by atoms with E-state index in [2.05, 4.69) is 10.2 Å². The van der Waals surface area contributed by atoms with E-state index in [1.807, 2.05) is 39.0 Å². The summed E-state index contributed by atoms with van der Waals surface area (Å²) < 4.78 is 11.2. The summed E-state index contributed by atoms with van der Waals surface area (Å²) >= 11 is 0. The molecule has 1 aromatic carbocycles. The molecule has 0 radical (unpaired) electrons. The van der Waals surface area contributed by atoms with Crippen molar-refractivity contribution in [3.05, 3.63) is 40.6 Å². The van der Waals surface area contributed by atoms with Gasteiger partial charge in [-0.25, -0.2) is 0 Å². The smallest absolute Gasteiger partial charge is 0.243 e. The standard InChI is InChI=1S/C15H19N3O2/c1-9-5-6-13(14(7-9)19-4)20-15-12(8-16)10(2)11(3)17-18-15/h5-7H,8,16H2,1-4H3. The molecule has 5 nitrogen and oxygen atoms in total. The molecule has 0 aliphatic carbocycles. The lowest BCUT2D eigenvalue weighted by Crippen LogP contribution is -2.07. The van der Waals surface area contributed by atoms with E-state index < -0.39 is 0 Å². The highest BCUT2D eigenvalue weighted by molar-refractivity contribution is 5.46. The first-order valence-electron chi connectivity index (χ1n) is 6.42. The molecule has 0 saturated carbocycles. The fraction of sp³-hybridized carbons (Fsp3) is 0.333. The first-order valence-corrected chi connectivity index (χ1v) is 6.42. The van der Waals surface area contributed by atoms with Crippen LogP contribution in [0.25, 0.3) is 0 Å². The molecule has 2 aromatic rings. The van der Waals surface area contributed by atoms with Gasteiger partial charge in [-0.3, -0.25) is 0 Å². The van der Waals surface area contributed by atoms with Gasteiger partial charge in [0.05, 0.1) is 12.8 Å². The average Bonchev–Trinajstić information content (AvgIpc) is 2.45. The molecule has 1 heterocycles. The molecule has 0 atom stereocenters. The molecule has 5 heteroatoms. The molecule has 0 saturated heterocycles. The summed E-state index contributed by atoms with van der Waals surface area (Å²) in [6.07, 6.45) is 0. The Balaban J connectivity index is 2.42. The van der Waals surface area contributed by atoms with E-state index in [1.165, 1.54) is 0 Å². The molecule has 0 fully saturated rings. The maximum atomic E-state index is 5.83. The summed E-state index contributed by atoms with van der Waals surface area (Å²) in [6, 6.07) is 5.71. The number of nitrogens with zero attached hydrogens (tertiary/aromatic N) is 2. The van der Waals surface area contributed by atoms with Crippen LogP contribution in [0.5, 0.6) is 17.4 Å². The Bertz CT molecular complexity index is 627. The van der Waals surface area contributed by atoms with Crippen molar-refractivity contribution in [1.82, 2.24) is 10.2 Å². The molecule has 0 bridgehead atoms. The van der Waals surface area contributed by atoms with Gasteiger partial charge in [-0.05, 0) is 44.0 Å². The Labute approximate surface area is 118 Å². The van der Waals surface area contributed by atoms with Crippen LogP contribution in [-0.2, 0) is 6.54 Å². The van der Waals surface area contributed by atoms with Crippen LogP contribution in [0.15, 0.2) is 18.2 Å². The van der Waals surface area contributed by atoms with E-state index in [-0.39, 0.29) is 0 Å². The van der Waals surface area contributed by atoms with Gasteiger partial charge >= 0.3 is 0 Å². The van der Waals surface area contributed by atoms with Gasteiger partial charge in [-0.2, -0.15) is 5.10 Å². The normalized spacial score (nSPS) is 10.4. The highest BCUT2D eigenvalue weighted by atomic mass is 16.5. The average molecular weight is 273 g/mol. The first-order chi connectivity index (χ1) is 9.56. The number of methoxy groups -OCH3 is 1. The van der Waals surface area contributed by atoms with Crippen molar-refractivity contribution in [2.75, 3.05) is 7.11 Å². The zero-order valence-corrected chi connectivity index (χ0v) is 12.2. The molecule has 2 rings (SSSR count). The third-order valence-electron chi connectivity index (χ3n) is 3.27. The van der Waals surface area contributed by atoms with Gasteiger partial charge in [0.15, 0.2) is 11.5 Å². The quantitative estimate of drug-likeness (QED) is 0.927. The minimum atomic E-state index is 0.353. The van der Waals surface area contributed by atoms with E-state index in [1.54, 1.807) is 7.11 Å². The molecule has 0 spiro atoms. The minimum Gasteiger partial charge on any atom is -0.493 e. The van der Waals surface area contributed by atoms with Crippen molar-refractivity contribution in [1.29, 1.82) is 0 Å². The van der Waals surface area contributed by atoms with E-state index >= 15 is 0 Å². The summed E-state index contributed by atoms with van der Waals surface area (Å²) in [4.78, 5) is 0. The van der Waals surface area contributed by atoms with Crippen molar-refractivity contribution in [2.45, 2.75) is 27.3 Å². The van der Waals surface area contributed by atoms with Crippen LogP contribution in [0.1, 0.15) is 22.4 Å². The number of rotatable bonds is 4. The maximum absolute atomic E-state index is 5.83. The summed E-state index contributed by atoms with van der Waals surface area (Å²) in [5.41, 5.74) is 9.61.